The summed E-state index contributed by atoms with van der Waals surface area (Å²) >= 11 is 1.59. The molecular weight excluding hydrogens is 251 g/mol. The van der Waals surface area contributed by atoms with Crippen molar-refractivity contribution in [3.05, 3.63) is 40.5 Å². The first-order valence-corrected chi connectivity index (χ1v) is 6.74. The molecule has 0 spiro atoms. The van der Waals surface area contributed by atoms with Crippen molar-refractivity contribution in [1.29, 1.82) is 0 Å². The predicted octanol–water partition coefficient (Wildman–Crippen LogP) is 2.61. The zero-order valence-corrected chi connectivity index (χ0v) is 10.5. The number of benzene rings is 1. The Hall–Kier alpha value is -1.30. The molecule has 1 unspecified atom stereocenters. The molecule has 0 bridgehead atoms. The molecule has 1 atom stereocenters. The standard InChI is InChI=1S/C13H13FN2OS/c14-10-3-1-9(2-4-10)11-8-18-13(16-11)12-7-15-5-6-17-12/h1-4,8,12,15H,5-7H2. The molecule has 1 aliphatic heterocycles. The molecule has 1 fully saturated rings. The zero-order valence-electron chi connectivity index (χ0n) is 9.73. The van der Waals surface area contributed by atoms with Gasteiger partial charge in [0.15, 0.2) is 0 Å². The molecule has 0 saturated carbocycles. The van der Waals surface area contributed by atoms with Crippen molar-refractivity contribution >= 4 is 11.3 Å². The first-order valence-electron chi connectivity index (χ1n) is 5.86. The molecule has 2 aromatic rings. The number of thiazole rings is 1. The van der Waals surface area contributed by atoms with Gasteiger partial charge in [-0.3, -0.25) is 0 Å². The fraction of sp³-hybridized carbons (Fsp3) is 0.308. The van der Waals surface area contributed by atoms with Gasteiger partial charge in [0.05, 0.1) is 12.3 Å². The van der Waals surface area contributed by atoms with Crippen LogP contribution < -0.4 is 5.32 Å². The quantitative estimate of drug-likeness (QED) is 0.905. The molecule has 2 heterocycles. The number of hydrogen-bond acceptors (Lipinski definition) is 4. The molecule has 3 rings (SSSR count). The van der Waals surface area contributed by atoms with Gasteiger partial charge in [-0.05, 0) is 24.3 Å². The summed E-state index contributed by atoms with van der Waals surface area (Å²) < 4.78 is 18.5. The Morgan fingerprint density at radius 1 is 1.33 bits per heavy atom. The van der Waals surface area contributed by atoms with Crippen LogP contribution in [-0.4, -0.2) is 24.7 Å². The Balaban J connectivity index is 1.82. The number of rotatable bonds is 2. The molecule has 18 heavy (non-hydrogen) atoms. The number of ether oxygens (including phenoxy) is 1. The topological polar surface area (TPSA) is 34.1 Å². The Morgan fingerprint density at radius 3 is 2.89 bits per heavy atom. The minimum Gasteiger partial charge on any atom is -0.368 e. The van der Waals surface area contributed by atoms with Gasteiger partial charge in [-0.15, -0.1) is 11.3 Å². The second kappa shape index (κ2) is 5.14. The molecule has 1 saturated heterocycles. The molecule has 0 aliphatic carbocycles. The third-order valence-corrected chi connectivity index (χ3v) is 3.80. The number of aromatic nitrogens is 1. The number of nitrogens with one attached hydrogen (secondary N) is 1. The van der Waals surface area contributed by atoms with Crippen LogP contribution in [0.15, 0.2) is 29.6 Å². The lowest BCUT2D eigenvalue weighted by atomic mass is 10.2. The van der Waals surface area contributed by atoms with E-state index in [9.17, 15) is 4.39 Å². The summed E-state index contributed by atoms with van der Waals surface area (Å²) in [4.78, 5) is 4.56. The molecule has 1 aliphatic rings. The fourth-order valence-electron chi connectivity index (χ4n) is 1.91. The summed E-state index contributed by atoms with van der Waals surface area (Å²) in [7, 11) is 0. The zero-order chi connectivity index (χ0) is 12.4. The van der Waals surface area contributed by atoms with Crippen LogP contribution in [-0.2, 0) is 4.74 Å². The Labute approximate surface area is 109 Å². The van der Waals surface area contributed by atoms with Gasteiger partial charge < -0.3 is 10.1 Å². The van der Waals surface area contributed by atoms with E-state index in [1.54, 1.807) is 23.5 Å². The van der Waals surface area contributed by atoms with Crippen LogP contribution in [0.5, 0.6) is 0 Å². The van der Waals surface area contributed by atoms with E-state index in [2.05, 4.69) is 10.3 Å². The maximum atomic E-state index is 12.9. The lowest BCUT2D eigenvalue weighted by Crippen LogP contribution is -2.33. The van der Waals surface area contributed by atoms with Gasteiger partial charge in [0.2, 0.25) is 0 Å². The van der Waals surface area contributed by atoms with Gasteiger partial charge in [-0.1, -0.05) is 0 Å². The molecule has 1 aromatic carbocycles. The average Bonchev–Trinajstić information content (AvgIpc) is 2.90. The molecule has 94 valence electrons. The summed E-state index contributed by atoms with van der Waals surface area (Å²) in [6.45, 7) is 2.42. The second-order valence-electron chi connectivity index (χ2n) is 4.14. The summed E-state index contributed by atoms with van der Waals surface area (Å²) in [5.74, 6) is -0.228. The number of hydrogen-bond donors (Lipinski definition) is 1. The van der Waals surface area contributed by atoms with Crippen LogP contribution in [0.4, 0.5) is 4.39 Å². The van der Waals surface area contributed by atoms with Gasteiger partial charge in [0.25, 0.3) is 0 Å². The monoisotopic (exact) mass is 264 g/mol. The summed E-state index contributed by atoms with van der Waals surface area (Å²) in [5.41, 5.74) is 1.81. The minimum atomic E-state index is -0.228. The van der Waals surface area contributed by atoms with Crippen molar-refractivity contribution in [3.63, 3.8) is 0 Å². The van der Waals surface area contributed by atoms with Crippen molar-refractivity contribution in [3.8, 4) is 11.3 Å². The predicted molar refractivity (Wildman–Crippen MR) is 69.1 cm³/mol. The van der Waals surface area contributed by atoms with E-state index >= 15 is 0 Å². The normalized spacial score (nSPS) is 19.9. The van der Waals surface area contributed by atoms with Crippen LogP contribution in [0.25, 0.3) is 11.3 Å². The van der Waals surface area contributed by atoms with Gasteiger partial charge in [-0.2, -0.15) is 0 Å². The summed E-state index contributed by atoms with van der Waals surface area (Å²) in [5, 5.41) is 6.24. The summed E-state index contributed by atoms with van der Waals surface area (Å²) in [6, 6.07) is 6.39. The van der Waals surface area contributed by atoms with E-state index in [1.807, 2.05) is 5.38 Å². The molecule has 3 nitrogen and oxygen atoms in total. The second-order valence-corrected chi connectivity index (χ2v) is 5.03. The van der Waals surface area contributed by atoms with E-state index in [4.69, 9.17) is 4.74 Å². The van der Waals surface area contributed by atoms with Crippen LogP contribution in [0.1, 0.15) is 11.1 Å². The Morgan fingerprint density at radius 2 is 2.17 bits per heavy atom. The highest BCUT2D eigenvalue weighted by Crippen LogP contribution is 2.27. The highest BCUT2D eigenvalue weighted by Gasteiger charge is 2.19. The smallest absolute Gasteiger partial charge is 0.124 e. The van der Waals surface area contributed by atoms with E-state index < -0.39 is 0 Å². The van der Waals surface area contributed by atoms with Crippen molar-refractivity contribution < 1.29 is 9.13 Å². The largest absolute Gasteiger partial charge is 0.368 e. The molecule has 0 radical (unpaired) electrons. The maximum Gasteiger partial charge on any atom is 0.124 e. The first kappa shape index (κ1) is 11.8. The van der Waals surface area contributed by atoms with E-state index in [0.29, 0.717) is 0 Å². The van der Waals surface area contributed by atoms with Crippen LogP contribution >= 0.6 is 11.3 Å². The highest BCUT2D eigenvalue weighted by atomic mass is 32.1. The van der Waals surface area contributed by atoms with E-state index in [1.165, 1.54) is 12.1 Å². The van der Waals surface area contributed by atoms with Gasteiger partial charge in [-0.25, -0.2) is 9.37 Å². The van der Waals surface area contributed by atoms with Crippen molar-refractivity contribution in [2.24, 2.45) is 0 Å². The average molecular weight is 264 g/mol. The van der Waals surface area contributed by atoms with Gasteiger partial charge in [0, 0.05) is 24.0 Å². The van der Waals surface area contributed by atoms with Crippen molar-refractivity contribution in [2.45, 2.75) is 6.10 Å². The number of nitrogens with zero attached hydrogens (tertiary/aromatic N) is 1. The van der Waals surface area contributed by atoms with E-state index in [0.717, 1.165) is 36.0 Å². The lowest BCUT2D eigenvalue weighted by molar-refractivity contribution is 0.0276. The molecular formula is C13H13FN2OS. The highest BCUT2D eigenvalue weighted by molar-refractivity contribution is 7.10. The maximum absolute atomic E-state index is 12.9. The van der Waals surface area contributed by atoms with Crippen LogP contribution in [0, 0.1) is 5.82 Å². The van der Waals surface area contributed by atoms with E-state index in [-0.39, 0.29) is 11.9 Å². The molecule has 5 heteroatoms. The van der Waals surface area contributed by atoms with Crippen molar-refractivity contribution in [2.75, 3.05) is 19.7 Å². The molecule has 0 amide bonds. The third-order valence-electron chi connectivity index (χ3n) is 2.86. The minimum absolute atomic E-state index is 0.0398. The van der Waals surface area contributed by atoms with Crippen LogP contribution in [0.2, 0.25) is 0 Å². The fourth-order valence-corrected chi connectivity index (χ4v) is 2.79. The Bertz CT molecular complexity index is 520. The number of morpholine rings is 1. The van der Waals surface area contributed by atoms with Crippen LogP contribution in [0.3, 0.4) is 0 Å². The Kier molecular flexibility index (Phi) is 3.36. The first-order chi connectivity index (χ1) is 8.83. The SMILES string of the molecule is Fc1ccc(-c2csc(C3CNCCO3)n2)cc1. The lowest BCUT2D eigenvalue weighted by Gasteiger charge is -2.21. The molecule has 1 aromatic heterocycles. The van der Waals surface area contributed by atoms with Gasteiger partial charge >= 0.3 is 0 Å². The van der Waals surface area contributed by atoms with Gasteiger partial charge in [0.1, 0.15) is 16.9 Å². The summed E-state index contributed by atoms with van der Waals surface area (Å²) in [6.07, 6.45) is 0.0398. The van der Waals surface area contributed by atoms with Crippen molar-refractivity contribution in [1.82, 2.24) is 10.3 Å². The third kappa shape index (κ3) is 2.43. The number of halogens is 1. The molecule has 1 N–H and O–H groups in total.